The van der Waals surface area contributed by atoms with E-state index in [9.17, 15) is 9.59 Å². The molecule has 0 fully saturated rings. The largest absolute Gasteiger partial charge is 0.352 e. The number of amides is 2. The molecule has 0 radical (unpaired) electrons. The van der Waals surface area contributed by atoms with E-state index < -0.39 is 0 Å². The Balaban J connectivity index is 2.30. The molecule has 1 aromatic rings. The lowest BCUT2D eigenvalue weighted by Crippen LogP contribution is -2.34. The molecular formula is C17H25ClN2O2. The van der Waals surface area contributed by atoms with E-state index in [-0.39, 0.29) is 11.8 Å². The molecule has 0 aromatic heterocycles. The Bertz CT molecular complexity index is 474. The first kappa shape index (κ1) is 18.5. The standard InChI is InChI=1S/C17H25ClN2O2/c1-3-4-5-11-20(14(2)21)12-10-17(22)19-13-15-6-8-16(18)9-7-15/h6-9H,3-5,10-13H2,1-2H3,(H,19,22). The highest BCUT2D eigenvalue weighted by Gasteiger charge is 2.10. The third-order valence-corrected chi connectivity index (χ3v) is 3.74. The predicted octanol–water partition coefficient (Wildman–Crippen LogP) is 3.39. The molecular weight excluding hydrogens is 300 g/mol. The first-order valence-electron chi connectivity index (χ1n) is 7.79. The summed E-state index contributed by atoms with van der Waals surface area (Å²) in [7, 11) is 0. The smallest absolute Gasteiger partial charge is 0.222 e. The van der Waals surface area contributed by atoms with Crippen LogP contribution in [0.15, 0.2) is 24.3 Å². The van der Waals surface area contributed by atoms with Crippen LogP contribution in [-0.4, -0.2) is 29.8 Å². The summed E-state index contributed by atoms with van der Waals surface area (Å²) in [5, 5.41) is 3.54. The lowest BCUT2D eigenvalue weighted by molar-refractivity contribution is -0.129. The Morgan fingerprint density at radius 1 is 1.14 bits per heavy atom. The molecule has 0 aliphatic heterocycles. The summed E-state index contributed by atoms with van der Waals surface area (Å²) >= 11 is 5.82. The number of halogens is 1. The van der Waals surface area contributed by atoms with E-state index in [2.05, 4.69) is 12.2 Å². The van der Waals surface area contributed by atoms with Crippen LogP contribution in [0.25, 0.3) is 0 Å². The zero-order valence-corrected chi connectivity index (χ0v) is 14.2. The van der Waals surface area contributed by atoms with Crippen LogP contribution in [0.2, 0.25) is 5.02 Å². The molecule has 0 heterocycles. The molecule has 0 spiro atoms. The van der Waals surface area contributed by atoms with Crippen molar-refractivity contribution >= 4 is 23.4 Å². The van der Waals surface area contributed by atoms with Crippen molar-refractivity contribution in [3.05, 3.63) is 34.9 Å². The second kappa shape index (κ2) is 10.2. The van der Waals surface area contributed by atoms with Crippen molar-refractivity contribution in [2.75, 3.05) is 13.1 Å². The zero-order valence-electron chi connectivity index (χ0n) is 13.4. The molecule has 22 heavy (non-hydrogen) atoms. The summed E-state index contributed by atoms with van der Waals surface area (Å²) in [4.78, 5) is 25.2. The molecule has 0 aliphatic carbocycles. The lowest BCUT2D eigenvalue weighted by atomic mass is 10.2. The quantitative estimate of drug-likeness (QED) is 0.708. The maximum absolute atomic E-state index is 11.9. The minimum Gasteiger partial charge on any atom is -0.352 e. The Hall–Kier alpha value is -1.55. The van der Waals surface area contributed by atoms with Gasteiger partial charge in [0, 0.05) is 38.0 Å². The summed E-state index contributed by atoms with van der Waals surface area (Å²) < 4.78 is 0. The van der Waals surface area contributed by atoms with Gasteiger partial charge in [-0.25, -0.2) is 0 Å². The fourth-order valence-electron chi connectivity index (χ4n) is 2.11. The maximum atomic E-state index is 11.9. The molecule has 0 saturated heterocycles. The molecule has 2 amide bonds. The number of nitrogens with zero attached hydrogens (tertiary/aromatic N) is 1. The van der Waals surface area contributed by atoms with E-state index in [0.717, 1.165) is 31.4 Å². The number of unbranched alkanes of at least 4 members (excludes halogenated alkanes) is 2. The van der Waals surface area contributed by atoms with Crippen molar-refractivity contribution in [1.29, 1.82) is 0 Å². The van der Waals surface area contributed by atoms with Crippen molar-refractivity contribution in [3.63, 3.8) is 0 Å². The summed E-state index contributed by atoms with van der Waals surface area (Å²) in [5.74, 6) is -0.0155. The SMILES string of the molecule is CCCCCN(CCC(=O)NCc1ccc(Cl)cc1)C(C)=O. The van der Waals surface area contributed by atoms with Gasteiger partial charge in [0.1, 0.15) is 0 Å². The van der Waals surface area contributed by atoms with E-state index in [0.29, 0.717) is 24.5 Å². The van der Waals surface area contributed by atoms with Gasteiger partial charge in [0.25, 0.3) is 0 Å². The number of carbonyl (C=O) groups is 2. The molecule has 0 atom stereocenters. The Labute approximate surface area is 137 Å². The van der Waals surface area contributed by atoms with Crippen LogP contribution in [0, 0.1) is 0 Å². The summed E-state index contributed by atoms with van der Waals surface area (Å²) in [6, 6.07) is 7.37. The van der Waals surface area contributed by atoms with Crippen LogP contribution in [0.1, 0.15) is 45.1 Å². The van der Waals surface area contributed by atoms with E-state index in [1.54, 1.807) is 24.0 Å². The summed E-state index contributed by atoms with van der Waals surface area (Å²) in [6.45, 7) is 5.37. The second-order valence-corrected chi connectivity index (χ2v) is 5.80. The normalized spacial score (nSPS) is 10.3. The maximum Gasteiger partial charge on any atom is 0.222 e. The van der Waals surface area contributed by atoms with Gasteiger partial charge in [-0.1, -0.05) is 43.5 Å². The molecule has 0 aliphatic rings. The lowest BCUT2D eigenvalue weighted by Gasteiger charge is -2.20. The van der Waals surface area contributed by atoms with Crippen LogP contribution in [0.5, 0.6) is 0 Å². The molecule has 0 unspecified atom stereocenters. The fraction of sp³-hybridized carbons (Fsp3) is 0.529. The highest BCUT2D eigenvalue weighted by molar-refractivity contribution is 6.30. The first-order valence-corrected chi connectivity index (χ1v) is 8.17. The minimum absolute atomic E-state index is 0.0293. The Kier molecular flexibility index (Phi) is 8.60. The average Bonchev–Trinajstić information content (AvgIpc) is 2.49. The summed E-state index contributed by atoms with van der Waals surface area (Å²) in [5.41, 5.74) is 1.00. The van der Waals surface area contributed by atoms with Crippen LogP contribution in [0.3, 0.4) is 0 Å². The van der Waals surface area contributed by atoms with Crippen LogP contribution in [0.4, 0.5) is 0 Å². The van der Waals surface area contributed by atoms with Crippen LogP contribution < -0.4 is 5.32 Å². The molecule has 122 valence electrons. The average molecular weight is 325 g/mol. The minimum atomic E-state index is -0.0447. The van der Waals surface area contributed by atoms with Gasteiger partial charge >= 0.3 is 0 Å². The topological polar surface area (TPSA) is 49.4 Å². The molecule has 0 bridgehead atoms. The van der Waals surface area contributed by atoms with Crippen molar-refractivity contribution in [2.45, 2.75) is 46.1 Å². The van der Waals surface area contributed by atoms with Gasteiger partial charge in [0.2, 0.25) is 11.8 Å². The van der Waals surface area contributed by atoms with Crippen molar-refractivity contribution in [2.24, 2.45) is 0 Å². The van der Waals surface area contributed by atoms with Gasteiger partial charge in [0.05, 0.1) is 0 Å². The highest BCUT2D eigenvalue weighted by Crippen LogP contribution is 2.09. The van der Waals surface area contributed by atoms with E-state index >= 15 is 0 Å². The van der Waals surface area contributed by atoms with E-state index in [4.69, 9.17) is 11.6 Å². The monoisotopic (exact) mass is 324 g/mol. The number of hydrogen-bond donors (Lipinski definition) is 1. The summed E-state index contributed by atoms with van der Waals surface area (Å²) in [6.07, 6.45) is 3.54. The first-order chi connectivity index (χ1) is 10.5. The second-order valence-electron chi connectivity index (χ2n) is 5.37. The number of nitrogens with one attached hydrogen (secondary N) is 1. The Morgan fingerprint density at radius 2 is 1.82 bits per heavy atom. The predicted molar refractivity (Wildman–Crippen MR) is 89.7 cm³/mol. The van der Waals surface area contributed by atoms with Gasteiger partial charge < -0.3 is 10.2 Å². The van der Waals surface area contributed by atoms with Crippen LogP contribution >= 0.6 is 11.6 Å². The Morgan fingerprint density at radius 3 is 2.41 bits per heavy atom. The fourth-order valence-corrected chi connectivity index (χ4v) is 2.23. The number of hydrogen-bond acceptors (Lipinski definition) is 2. The van der Waals surface area contributed by atoms with Gasteiger partial charge in [-0.15, -0.1) is 0 Å². The van der Waals surface area contributed by atoms with Gasteiger partial charge in [-0.05, 0) is 24.1 Å². The molecule has 1 rings (SSSR count). The van der Waals surface area contributed by atoms with Gasteiger partial charge in [-0.2, -0.15) is 0 Å². The van der Waals surface area contributed by atoms with E-state index in [1.807, 2.05) is 12.1 Å². The zero-order chi connectivity index (χ0) is 16.4. The van der Waals surface area contributed by atoms with Crippen molar-refractivity contribution in [1.82, 2.24) is 10.2 Å². The molecule has 1 aromatic carbocycles. The van der Waals surface area contributed by atoms with Crippen molar-refractivity contribution in [3.8, 4) is 0 Å². The van der Waals surface area contributed by atoms with Crippen LogP contribution in [-0.2, 0) is 16.1 Å². The third kappa shape index (κ3) is 7.46. The molecule has 5 heteroatoms. The molecule has 0 saturated carbocycles. The number of benzene rings is 1. The van der Waals surface area contributed by atoms with Gasteiger partial charge in [0.15, 0.2) is 0 Å². The molecule has 1 N–H and O–H groups in total. The van der Waals surface area contributed by atoms with E-state index in [1.165, 1.54) is 0 Å². The highest BCUT2D eigenvalue weighted by atomic mass is 35.5. The number of rotatable bonds is 9. The number of carbonyl (C=O) groups excluding carboxylic acids is 2. The van der Waals surface area contributed by atoms with Crippen molar-refractivity contribution < 1.29 is 9.59 Å². The van der Waals surface area contributed by atoms with Gasteiger partial charge in [-0.3, -0.25) is 9.59 Å². The molecule has 4 nitrogen and oxygen atoms in total. The third-order valence-electron chi connectivity index (χ3n) is 3.49.